The van der Waals surface area contributed by atoms with Crippen LogP contribution in [0.3, 0.4) is 0 Å². The second kappa shape index (κ2) is 6.98. The third kappa shape index (κ3) is 3.72. The Bertz CT molecular complexity index is 892. The number of nitrogens with zero attached hydrogens (tertiary/aromatic N) is 1. The van der Waals surface area contributed by atoms with Gasteiger partial charge in [0.05, 0.1) is 21.3 Å². The number of rotatable bonds is 4. The van der Waals surface area contributed by atoms with E-state index in [1.165, 1.54) is 18.3 Å². The van der Waals surface area contributed by atoms with Crippen LogP contribution in [0.15, 0.2) is 48.0 Å². The Balaban J connectivity index is 1.64. The average Bonchev–Trinajstić information content (AvgIpc) is 3.04. The van der Waals surface area contributed by atoms with E-state index in [9.17, 15) is 9.59 Å². The molecule has 122 valence electrons. The van der Waals surface area contributed by atoms with Gasteiger partial charge >= 0.3 is 5.97 Å². The van der Waals surface area contributed by atoms with Crippen LogP contribution < -0.4 is 5.32 Å². The quantitative estimate of drug-likeness (QED) is 0.710. The zero-order valence-electron chi connectivity index (χ0n) is 12.7. The molecule has 7 heteroatoms. The van der Waals surface area contributed by atoms with Gasteiger partial charge in [-0.25, -0.2) is 9.78 Å². The number of hydrogen-bond acceptors (Lipinski definition) is 5. The predicted molar refractivity (Wildman–Crippen MR) is 94.6 cm³/mol. The van der Waals surface area contributed by atoms with Crippen molar-refractivity contribution < 1.29 is 14.3 Å². The molecule has 0 fully saturated rings. The van der Waals surface area contributed by atoms with Gasteiger partial charge in [0.1, 0.15) is 0 Å². The number of carbonyl (C=O) groups excluding carboxylic acids is 2. The average molecular weight is 361 g/mol. The largest absolute Gasteiger partial charge is 0.449 e. The molecule has 1 atom stereocenters. The van der Waals surface area contributed by atoms with Crippen LogP contribution in [-0.2, 0) is 9.53 Å². The summed E-state index contributed by atoms with van der Waals surface area (Å²) in [7, 11) is 0. The number of hydrogen-bond donors (Lipinski definition) is 1. The Morgan fingerprint density at radius 2 is 1.96 bits per heavy atom. The topological polar surface area (TPSA) is 68.3 Å². The lowest BCUT2D eigenvalue weighted by molar-refractivity contribution is -0.123. The van der Waals surface area contributed by atoms with E-state index >= 15 is 0 Å². The fraction of sp³-hybridized carbons (Fsp3) is 0.118. The summed E-state index contributed by atoms with van der Waals surface area (Å²) < 4.78 is 6.12. The number of anilines is 1. The van der Waals surface area contributed by atoms with Crippen molar-refractivity contribution in [3.63, 3.8) is 0 Å². The Labute approximate surface area is 147 Å². The number of thiazole rings is 1. The van der Waals surface area contributed by atoms with Gasteiger partial charge in [-0.3, -0.25) is 4.79 Å². The molecule has 0 aliphatic carbocycles. The summed E-state index contributed by atoms with van der Waals surface area (Å²) in [6, 6.07) is 11.8. The summed E-state index contributed by atoms with van der Waals surface area (Å²) in [6.07, 6.45) is -0.926. The van der Waals surface area contributed by atoms with Crippen LogP contribution >= 0.6 is 22.9 Å². The first-order valence-electron chi connectivity index (χ1n) is 7.13. The Morgan fingerprint density at radius 3 is 2.71 bits per heavy atom. The third-order valence-electron chi connectivity index (χ3n) is 3.33. The van der Waals surface area contributed by atoms with E-state index in [-0.39, 0.29) is 0 Å². The van der Waals surface area contributed by atoms with Crippen molar-refractivity contribution in [2.75, 3.05) is 5.32 Å². The van der Waals surface area contributed by atoms with Gasteiger partial charge in [-0.2, -0.15) is 0 Å². The maximum Gasteiger partial charge on any atom is 0.338 e. The SMILES string of the molecule is CC(OC(=O)c1ccc2ncsc2c1)C(=O)Nc1ccc(Cl)cc1. The van der Waals surface area contributed by atoms with E-state index in [4.69, 9.17) is 16.3 Å². The highest BCUT2D eigenvalue weighted by Gasteiger charge is 2.19. The number of fused-ring (bicyclic) bond motifs is 1. The van der Waals surface area contributed by atoms with Gasteiger partial charge in [0.2, 0.25) is 0 Å². The molecule has 2 aromatic carbocycles. The molecule has 0 radical (unpaired) electrons. The zero-order chi connectivity index (χ0) is 17.1. The second-order valence-corrected chi connectivity index (χ2v) is 6.40. The molecular formula is C17H13ClN2O3S. The standard InChI is InChI=1S/C17H13ClN2O3S/c1-10(16(21)20-13-5-3-12(18)4-6-13)23-17(22)11-2-7-14-15(8-11)24-9-19-14/h2-10H,1H3,(H,20,21). The molecule has 1 unspecified atom stereocenters. The van der Waals surface area contributed by atoms with Crippen LogP contribution in [0.5, 0.6) is 0 Å². The van der Waals surface area contributed by atoms with Gasteiger partial charge in [0.25, 0.3) is 5.91 Å². The summed E-state index contributed by atoms with van der Waals surface area (Å²) in [5.41, 5.74) is 3.50. The van der Waals surface area contributed by atoms with Crippen molar-refractivity contribution in [2.24, 2.45) is 0 Å². The monoisotopic (exact) mass is 360 g/mol. The second-order valence-electron chi connectivity index (χ2n) is 5.08. The van der Waals surface area contributed by atoms with Crippen LogP contribution in [0.1, 0.15) is 17.3 Å². The van der Waals surface area contributed by atoms with E-state index in [1.807, 2.05) is 0 Å². The molecule has 0 aliphatic rings. The van der Waals surface area contributed by atoms with E-state index in [1.54, 1.807) is 48.0 Å². The lowest BCUT2D eigenvalue weighted by Crippen LogP contribution is -2.29. The molecule has 0 saturated heterocycles. The first-order valence-corrected chi connectivity index (χ1v) is 8.39. The van der Waals surface area contributed by atoms with Crippen LogP contribution in [0.25, 0.3) is 10.2 Å². The highest BCUT2D eigenvalue weighted by Crippen LogP contribution is 2.20. The maximum absolute atomic E-state index is 12.2. The van der Waals surface area contributed by atoms with E-state index in [0.717, 1.165) is 10.2 Å². The maximum atomic E-state index is 12.2. The van der Waals surface area contributed by atoms with Crippen LogP contribution in [-0.4, -0.2) is 23.0 Å². The summed E-state index contributed by atoms with van der Waals surface area (Å²) in [6.45, 7) is 1.52. The molecule has 0 aliphatic heterocycles. The zero-order valence-corrected chi connectivity index (χ0v) is 14.2. The van der Waals surface area contributed by atoms with E-state index in [0.29, 0.717) is 16.3 Å². The molecule has 1 N–H and O–H groups in total. The van der Waals surface area contributed by atoms with Gasteiger partial charge in [-0.1, -0.05) is 11.6 Å². The molecule has 5 nitrogen and oxygen atoms in total. The molecule has 0 spiro atoms. The van der Waals surface area contributed by atoms with E-state index < -0.39 is 18.0 Å². The smallest absolute Gasteiger partial charge is 0.338 e. The van der Waals surface area contributed by atoms with Crippen molar-refractivity contribution in [3.8, 4) is 0 Å². The van der Waals surface area contributed by atoms with Crippen LogP contribution in [0.2, 0.25) is 5.02 Å². The number of nitrogens with one attached hydrogen (secondary N) is 1. The predicted octanol–water partition coefficient (Wildman–Crippen LogP) is 4.13. The summed E-state index contributed by atoms with van der Waals surface area (Å²) in [5.74, 6) is -0.964. The number of carbonyl (C=O) groups is 2. The highest BCUT2D eigenvalue weighted by molar-refractivity contribution is 7.16. The van der Waals surface area contributed by atoms with Gasteiger partial charge in [-0.05, 0) is 49.4 Å². The summed E-state index contributed by atoms with van der Waals surface area (Å²) in [4.78, 5) is 28.4. The molecule has 1 heterocycles. The van der Waals surface area contributed by atoms with Gasteiger partial charge in [-0.15, -0.1) is 11.3 Å². The number of ether oxygens (including phenoxy) is 1. The van der Waals surface area contributed by atoms with Gasteiger partial charge in [0, 0.05) is 10.7 Å². The molecule has 0 bridgehead atoms. The molecule has 1 amide bonds. The number of halogens is 1. The van der Waals surface area contributed by atoms with E-state index in [2.05, 4.69) is 10.3 Å². The van der Waals surface area contributed by atoms with Crippen molar-refractivity contribution in [1.82, 2.24) is 4.98 Å². The lowest BCUT2D eigenvalue weighted by atomic mass is 10.2. The lowest BCUT2D eigenvalue weighted by Gasteiger charge is -2.13. The van der Waals surface area contributed by atoms with Gasteiger partial charge in [0.15, 0.2) is 6.10 Å². The van der Waals surface area contributed by atoms with Gasteiger partial charge < -0.3 is 10.1 Å². The summed E-state index contributed by atoms with van der Waals surface area (Å²) >= 11 is 7.23. The first-order chi connectivity index (χ1) is 11.5. The van der Waals surface area contributed by atoms with Crippen molar-refractivity contribution >= 4 is 50.7 Å². The highest BCUT2D eigenvalue weighted by atomic mass is 35.5. The van der Waals surface area contributed by atoms with Crippen LogP contribution in [0.4, 0.5) is 5.69 Å². The Kier molecular flexibility index (Phi) is 4.78. The molecule has 3 rings (SSSR count). The first kappa shape index (κ1) is 16.4. The fourth-order valence-electron chi connectivity index (χ4n) is 2.04. The number of amides is 1. The van der Waals surface area contributed by atoms with Crippen molar-refractivity contribution in [3.05, 3.63) is 58.6 Å². The molecule has 1 aromatic heterocycles. The number of aromatic nitrogens is 1. The third-order valence-corrected chi connectivity index (χ3v) is 4.38. The molecule has 3 aromatic rings. The number of benzene rings is 2. The molecule has 0 saturated carbocycles. The van der Waals surface area contributed by atoms with Crippen molar-refractivity contribution in [1.29, 1.82) is 0 Å². The fourth-order valence-corrected chi connectivity index (χ4v) is 2.88. The van der Waals surface area contributed by atoms with Crippen LogP contribution in [0, 0.1) is 0 Å². The number of esters is 1. The van der Waals surface area contributed by atoms with Crippen molar-refractivity contribution in [2.45, 2.75) is 13.0 Å². The normalized spacial score (nSPS) is 11.9. The minimum absolute atomic E-state index is 0.387. The Morgan fingerprint density at radius 1 is 1.21 bits per heavy atom. The minimum Gasteiger partial charge on any atom is -0.449 e. The minimum atomic E-state index is -0.926. The summed E-state index contributed by atoms with van der Waals surface area (Å²) in [5, 5.41) is 3.24. The molecular weight excluding hydrogens is 348 g/mol. The Hall–Kier alpha value is -2.44. The molecule has 24 heavy (non-hydrogen) atoms.